The number of hydrogen-bond acceptors (Lipinski definition) is 7. The molecular weight excluding hydrogens is 546 g/mol. The van der Waals surface area contributed by atoms with Gasteiger partial charge in [-0.05, 0) is 63.4 Å². The third-order valence-corrected chi connectivity index (χ3v) is 7.90. The van der Waals surface area contributed by atoms with Gasteiger partial charge < -0.3 is 23.8 Å². The maximum Gasteiger partial charge on any atom is 0.307 e. The Balaban J connectivity index is 1.46. The molecule has 2 aliphatic heterocycles. The standard InChI is InChI=1S/C31H36ClN3O6/c1-19(16-28(37)40-31(2,3)4)30(38)35-15-13-20-22(32)11-12-26(29(20)24(35)17-34-14-7-10-27(34)36)39-18-23-21-8-5-6-9-25(21)41-33-23/h5-6,8-9,11-12,19,24H,7,10,13-18H2,1-4H3/t19-,24-/m1/s1. The Labute approximate surface area is 244 Å². The highest BCUT2D eigenvalue weighted by Crippen LogP contribution is 2.42. The number of carbonyl (C=O) groups excluding carboxylic acids is 3. The third kappa shape index (κ3) is 6.35. The van der Waals surface area contributed by atoms with E-state index in [1.165, 1.54) is 0 Å². The Kier molecular flexibility index (Phi) is 8.27. The lowest BCUT2D eigenvalue weighted by atomic mass is 9.89. The summed E-state index contributed by atoms with van der Waals surface area (Å²) in [6.07, 6.45) is 1.75. The van der Waals surface area contributed by atoms with E-state index in [0.717, 1.165) is 22.9 Å². The average Bonchev–Trinajstić information content (AvgIpc) is 3.52. The van der Waals surface area contributed by atoms with Crippen LogP contribution >= 0.6 is 11.6 Å². The van der Waals surface area contributed by atoms with Gasteiger partial charge in [0.15, 0.2) is 5.58 Å². The lowest BCUT2D eigenvalue weighted by Gasteiger charge is -2.41. The first-order valence-corrected chi connectivity index (χ1v) is 14.5. The molecule has 0 bridgehead atoms. The van der Waals surface area contributed by atoms with E-state index >= 15 is 0 Å². The van der Waals surface area contributed by atoms with Gasteiger partial charge in [-0.2, -0.15) is 0 Å². The Morgan fingerprint density at radius 2 is 1.93 bits per heavy atom. The summed E-state index contributed by atoms with van der Waals surface area (Å²) < 4.78 is 17.3. The summed E-state index contributed by atoms with van der Waals surface area (Å²) in [5.74, 6) is -0.566. The molecule has 0 unspecified atom stereocenters. The summed E-state index contributed by atoms with van der Waals surface area (Å²) >= 11 is 6.69. The maximum absolute atomic E-state index is 13.9. The second-order valence-electron chi connectivity index (χ2n) is 11.8. The van der Waals surface area contributed by atoms with Crippen LogP contribution in [0.3, 0.4) is 0 Å². The monoisotopic (exact) mass is 581 g/mol. The Morgan fingerprint density at radius 1 is 1.15 bits per heavy atom. The number of amides is 2. The fourth-order valence-corrected chi connectivity index (χ4v) is 5.92. The zero-order chi connectivity index (χ0) is 29.3. The van der Waals surface area contributed by atoms with Gasteiger partial charge in [-0.1, -0.05) is 35.8 Å². The number of benzene rings is 2. The predicted molar refractivity (Wildman–Crippen MR) is 153 cm³/mol. The van der Waals surface area contributed by atoms with Crippen molar-refractivity contribution >= 4 is 40.4 Å². The van der Waals surface area contributed by atoms with Gasteiger partial charge in [0, 0.05) is 47.9 Å². The van der Waals surface area contributed by atoms with Crippen LogP contribution in [0.5, 0.6) is 5.75 Å². The molecule has 1 aromatic heterocycles. The van der Waals surface area contributed by atoms with Crippen molar-refractivity contribution in [3.63, 3.8) is 0 Å². The number of para-hydroxylation sites is 1. The van der Waals surface area contributed by atoms with E-state index < -0.39 is 23.5 Å². The van der Waals surface area contributed by atoms with Crippen molar-refractivity contribution in [1.82, 2.24) is 15.0 Å². The van der Waals surface area contributed by atoms with Crippen LogP contribution in [0.15, 0.2) is 40.9 Å². The number of halogens is 1. The van der Waals surface area contributed by atoms with Gasteiger partial charge in [0.1, 0.15) is 23.7 Å². The number of fused-ring (bicyclic) bond motifs is 2. The fourth-order valence-electron chi connectivity index (χ4n) is 5.66. The van der Waals surface area contributed by atoms with Crippen LogP contribution in [0.4, 0.5) is 0 Å². The summed E-state index contributed by atoms with van der Waals surface area (Å²) in [6.45, 7) is 8.66. The van der Waals surface area contributed by atoms with Crippen molar-refractivity contribution in [3.8, 4) is 5.75 Å². The zero-order valence-electron chi connectivity index (χ0n) is 23.9. The maximum atomic E-state index is 13.9. The summed E-state index contributed by atoms with van der Waals surface area (Å²) in [7, 11) is 0. The third-order valence-electron chi connectivity index (χ3n) is 7.55. The number of esters is 1. The highest BCUT2D eigenvalue weighted by Gasteiger charge is 2.39. The van der Waals surface area contributed by atoms with Gasteiger partial charge in [-0.15, -0.1) is 0 Å². The molecule has 0 radical (unpaired) electrons. The number of aromatic nitrogens is 1. The SMILES string of the molecule is C[C@H](CC(=O)OC(C)(C)C)C(=O)N1CCc2c(Cl)ccc(OCc3noc4ccccc34)c2[C@H]1CN1CCCC1=O. The normalized spacial score (nSPS) is 18.0. The summed E-state index contributed by atoms with van der Waals surface area (Å²) in [5.41, 5.74) is 2.38. The number of carbonyl (C=O) groups is 3. The molecule has 2 atom stereocenters. The molecule has 10 heteroatoms. The first-order valence-electron chi connectivity index (χ1n) is 14.1. The molecule has 3 heterocycles. The van der Waals surface area contributed by atoms with Gasteiger partial charge in [0.2, 0.25) is 11.8 Å². The highest BCUT2D eigenvalue weighted by molar-refractivity contribution is 6.31. The molecule has 2 aromatic carbocycles. The minimum absolute atomic E-state index is 0.0348. The smallest absolute Gasteiger partial charge is 0.307 e. The van der Waals surface area contributed by atoms with Crippen molar-refractivity contribution in [1.29, 1.82) is 0 Å². The molecule has 0 spiro atoms. The highest BCUT2D eigenvalue weighted by atomic mass is 35.5. The van der Waals surface area contributed by atoms with Gasteiger partial charge in [-0.25, -0.2) is 0 Å². The van der Waals surface area contributed by atoms with Crippen molar-refractivity contribution in [2.45, 2.75) is 71.6 Å². The molecule has 9 nitrogen and oxygen atoms in total. The quantitative estimate of drug-likeness (QED) is 0.325. The van der Waals surface area contributed by atoms with Crippen molar-refractivity contribution in [3.05, 3.63) is 58.2 Å². The molecule has 41 heavy (non-hydrogen) atoms. The van der Waals surface area contributed by atoms with Crippen LogP contribution in [0.1, 0.15) is 69.8 Å². The van der Waals surface area contributed by atoms with E-state index in [9.17, 15) is 14.4 Å². The number of ether oxygens (including phenoxy) is 2. The molecule has 2 amide bonds. The lowest BCUT2D eigenvalue weighted by molar-refractivity contribution is -0.158. The number of likely N-dealkylation sites (tertiary alicyclic amines) is 1. The van der Waals surface area contributed by atoms with E-state index in [4.69, 9.17) is 25.6 Å². The van der Waals surface area contributed by atoms with E-state index in [2.05, 4.69) is 5.16 Å². The molecular formula is C31H36ClN3O6. The number of nitrogens with zero attached hydrogens (tertiary/aromatic N) is 3. The van der Waals surface area contributed by atoms with Crippen molar-refractivity contribution in [2.24, 2.45) is 5.92 Å². The minimum Gasteiger partial charge on any atom is -0.487 e. The Morgan fingerprint density at radius 3 is 2.66 bits per heavy atom. The number of hydrogen-bond donors (Lipinski definition) is 0. The Hall–Kier alpha value is -3.59. The van der Waals surface area contributed by atoms with E-state index in [-0.39, 0.29) is 24.8 Å². The summed E-state index contributed by atoms with van der Waals surface area (Å²) in [4.78, 5) is 42.7. The fraction of sp³-hybridized carbons (Fsp3) is 0.484. The lowest BCUT2D eigenvalue weighted by Crippen LogP contribution is -2.47. The molecule has 218 valence electrons. The van der Waals surface area contributed by atoms with Gasteiger partial charge in [0.05, 0.1) is 12.5 Å². The second-order valence-corrected chi connectivity index (χ2v) is 12.2. The molecule has 0 saturated carbocycles. The topological polar surface area (TPSA) is 102 Å². The second kappa shape index (κ2) is 11.7. The van der Waals surface area contributed by atoms with Crippen LogP contribution in [-0.4, -0.2) is 58.0 Å². The van der Waals surface area contributed by atoms with E-state index in [1.807, 2.05) is 24.3 Å². The first kappa shape index (κ1) is 28.9. The van der Waals surface area contributed by atoms with Crippen LogP contribution in [0.2, 0.25) is 5.02 Å². The Bertz CT molecular complexity index is 1460. The summed E-state index contributed by atoms with van der Waals surface area (Å²) in [5, 5.41) is 5.64. The van der Waals surface area contributed by atoms with E-state index in [0.29, 0.717) is 54.5 Å². The van der Waals surface area contributed by atoms with Crippen LogP contribution < -0.4 is 4.74 Å². The van der Waals surface area contributed by atoms with Crippen LogP contribution in [-0.2, 0) is 32.1 Å². The summed E-state index contributed by atoms with van der Waals surface area (Å²) in [6, 6.07) is 10.7. The molecule has 0 aliphatic carbocycles. The van der Waals surface area contributed by atoms with Crippen molar-refractivity contribution < 1.29 is 28.4 Å². The average molecular weight is 582 g/mol. The minimum atomic E-state index is -0.638. The van der Waals surface area contributed by atoms with Crippen LogP contribution in [0, 0.1) is 5.92 Å². The number of rotatable bonds is 8. The molecule has 1 fully saturated rings. The van der Waals surface area contributed by atoms with Gasteiger partial charge in [0.25, 0.3) is 0 Å². The molecule has 2 aliphatic rings. The molecule has 3 aromatic rings. The van der Waals surface area contributed by atoms with Crippen molar-refractivity contribution in [2.75, 3.05) is 19.6 Å². The predicted octanol–water partition coefficient (Wildman–Crippen LogP) is 5.48. The van der Waals surface area contributed by atoms with Gasteiger partial charge in [-0.3, -0.25) is 14.4 Å². The van der Waals surface area contributed by atoms with Gasteiger partial charge >= 0.3 is 5.97 Å². The molecule has 0 N–H and O–H groups in total. The van der Waals surface area contributed by atoms with E-state index in [1.54, 1.807) is 49.6 Å². The molecule has 1 saturated heterocycles. The largest absolute Gasteiger partial charge is 0.487 e. The molecule has 5 rings (SSSR count). The first-order chi connectivity index (χ1) is 19.5. The van der Waals surface area contributed by atoms with Crippen LogP contribution in [0.25, 0.3) is 11.0 Å². The zero-order valence-corrected chi connectivity index (χ0v) is 24.7.